The minimum Gasteiger partial charge on any atom is -0.385 e. The second-order valence-corrected chi connectivity index (χ2v) is 6.35. The van der Waals surface area contributed by atoms with Crippen molar-refractivity contribution < 1.29 is 17.9 Å². The van der Waals surface area contributed by atoms with Crippen LogP contribution in [0.25, 0.3) is 0 Å². The Hall–Kier alpha value is -0.210. The van der Waals surface area contributed by atoms with Crippen molar-refractivity contribution in [2.75, 3.05) is 59.4 Å². The molecule has 0 rings (SSSR count). The third kappa shape index (κ3) is 9.34. The summed E-state index contributed by atoms with van der Waals surface area (Å²) in [4.78, 5) is 0. The minimum atomic E-state index is -3.20. The van der Waals surface area contributed by atoms with Gasteiger partial charge in [-0.1, -0.05) is 6.92 Å². The molecular formula is C12H28N2O4S. The molecule has 0 saturated heterocycles. The SMILES string of the molecule is CCNCCCS(=O)(=O)N(CCCOC)CCOC. The normalized spacial score (nSPS) is 12.2. The van der Waals surface area contributed by atoms with Crippen molar-refractivity contribution in [3.8, 4) is 0 Å². The van der Waals surface area contributed by atoms with Crippen molar-refractivity contribution in [3.63, 3.8) is 0 Å². The first-order valence-electron chi connectivity index (χ1n) is 6.75. The van der Waals surface area contributed by atoms with Crippen LogP contribution < -0.4 is 5.32 Å². The predicted molar refractivity (Wildman–Crippen MR) is 76.9 cm³/mol. The summed E-state index contributed by atoms with van der Waals surface area (Å²) in [6.07, 6.45) is 1.33. The zero-order chi connectivity index (χ0) is 14.6. The van der Waals surface area contributed by atoms with Crippen molar-refractivity contribution in [2.45, 2.75) is 19.8 Å². The number of nitrogens with one attached hydrogen (secondary N) is 1. The van der Waals surface area contributed by atoms with Crippen molar-refractivity contribution in [2.24, 2.45) is 0 Å². The fourth-order valence-electron chi connectivity index (χ4n) is 1.65. The summed E-state index contributed by atoms with van der Waals surface area (Å²) in [7, 11) is -0.00775. The van der Waals surface area contributed by atoms with E-state index in [-0.39, 0.29) is 5.75 Å². The molecule has 116 valence electrons. The first kappa shape index (κ1) is 18.8. The topological polar surface area (TPSA) is 67.9 Å². The molecule has 0 aromatic rings. The van der Waals surface area contributed by atoms with Gasteiger partial charge in [0, 0.05) is 33.9 Å². The predicted octanol–water partition coefficient (Wildman–Crippen LogP) is 0.301. The zero-order valence-electron chi connectivity index (χ0n) is 12.4. The number of sulfonamides is 1. The molecule has 0 spiro atoms. The molecule has 19 heavy (non-hydrogen) atoms. The summed E-state index contributed by atoms with van der Waals surface area (Å²) in [5.41, 5.74) is 0. The average Bonchev–Trinajstić information content (AvgIpc) is 2.38. The van der Waals surface area contributed by atoms with Gasteiger partial charge < -0.3 is 14.8 Å². The lowest BCUT2D eigenvalue weighted by molar-refractivity contribution is 0.164. The van der Waals surface area contributed by atoms with Crippen LogP contribution >= 0.6 is 0 Å². The highest BCUT2D eigenvalue weighted by Crippen LogP contribution is 2.05. The van der Waals surface area contributed by atoms with E-state index in [2.05, 4.69) is 5.32 Å². The summed E-state index contributed by atoms with van der Waals surface area (Å²) < 4.78 is 35.8. The van der Waals surface area contributed by atoms with Gasteiger partial charge in [-0.25, -0.2) is 8.42 Å². The highest BCUT2D eigenvalue weighted by molar-refractivity contribution is 7.89. The van der Waals surface area contributed by atoms with Crippen LogP contribution in [0, 0.1) is 0 Å². The number of hydrogen-bond donors (Lipinski definition) is 1. The van der Waals surface area contributed by atoms with Crippen LogP contribution in [0.5, 0.6) is 0 Å². The Morgan fingerprint density at radius 3 is 2.32 bits per heavy atom. The zero-order valence-corrected chi connectivity index (χ0v) is 13.2. The first-order chi connectivity index (χ1) is 9.08. The summed E-state index contributed by atoms with van der Waals surface area (Å²) >= 11 is 0. The van der Waals surface area contributed by atoms with Gasteiger partial charge in [0.15, 0.2) is 0 Å². The van der Waals surface area contributed by atoms with Gasteiger partial charge >= 0.3 is 0 Å². The van der Waals surface area contributed by atoms with E-state index in [1.807, 2.05) is 6.92 Å². The molecule has 0 amide bonds. The second-order valence-electron chi connectivity index (χ2n) is 4.26. The molecule has 1 N–H and O–H groups in total. The molecule has 0 aromatic heterocycles. The van der Waals surface area contributed by atoms with Crippen molar-refractivity contribution in [1.29, 1.82) is 0 Å². The number of hydrogen-bond acceptors (Lipinski definition) is 5. The van der Waals surface area contributed by atoms with Gasteiger partial charge in [0.2, 0.25) is 10.0 Å². The molecule has 0 fully saturated rings. The molecule has 0 aliphatic rings. The van der Waals surface area contributed by atoms with Crippen LogP contribution in [-0.2, 0) is 19.5 Å². The summed E-state index contributed by atoms with van der Waals surface area (Å²) in [5, 5.41) is 3.13. The third-order valence-corrected chi connectivity index (χ3v) is 4.66. The van der Waals surface area contributed by atoms with Gasteiger partial charge in [0.1, 0.15) is 0 Å². The summed E-state index contributed by atoms with van der Waals surface area (Å²) in [6.45, 7) is 5.47. The molecule has 0 heterocycles. The van der Waals surface area contributed by atoms with Crippen LogP contribution in [-0.4, -0.2) is 72.1 Å². The lowest BCUT2D eigenvalue weighted by Gasteiger charge is -2.21. The largest absolute Gasteiger partial charge is 0.385 e. The Morgan fingerprint density at radius 1 is 1.05 bits per heavy atom. The van der Waals surface area contributed by atoms with E-state index in [1.165, 1.54) is 4.31 Å². The fourth-order valence-corrected chi connectivity index (χ4v) is 3.18. The van der Waals surface area contributed by atoms with Crippen LogP contribution in [0.4, 0.5) is 0 Å². The highest BCUT2D eigenvalue weighted by atomic mass is 32.2. The van der Waals surface area contributed by atoms with Gasteiger partial charge in [-0.15, -0.1) is 0 Å². The molecule has 0 atom stereocenters. The molecule has 0 bridgehead atoms. The first-order valence-corrected chi connectivity index (χ1v) is 8.35. The summed E-state index contributed by atoms with van der Waals surface area (Å²) in [5.74, 6) is 0.177. The fraction of sp³-hybridized carbons (Fsp3) is 1.00. The maximum absolute atomic E-state index is 12.2. The maximum Gasteiger partial charge on any atom is 0.214 e. The molecule has 6 nitrogen and oxygen atoms in total. The Balaban J connectivity index is 4.26. The Morgan fingerprint density at radius 2 is 1.74 bits per heavy atom. The Labute approximate surface area is 117 Å². The second kappa shape index (κ2) is 11.6. The number of methoxy groups -OCH3 is 2. The Kier molecular flexibility index (Phi) is 11.5. The smallest absolute Gasteiger partial charge is 0.214 e. The number of ether oxygens (including phenoxy) is 2. The molecule has 0 unspecified atom stereocenters. The van der Waals surface area contributed by atoms with E-state index in [1.54, 1.807) is 14.2 Å². The molecule has 0 saturated carbocycles. The van der Waals surface area contributed by atoms with E-state index in [4.69, 9.17) is 9.47 Å². The molecular weight excluding hydrogens is 268 g/mol. The number of rotatable bonds is 13. The summed E-state index contributed by atoms with van der Waals surface area (Å²) in [6, 6.07) is 0. The van der Waals surface area contributed by atoms with Crippen molar-refractivity contribution in [3.05, 3.63) is 0 Å². The van der Waals surface area contributed by atoms with Crippen LogP contribution in [0.1, 0.15) is 19.8 Å². The van der Waals surface area contributed by atoms with Crippen molar-refractivity contribution >= 4 is 10.0 Å². The van der Waals surface area contributed by atoms with Gasteiger partial charge in [-0.3, -0.25) is 0 Å². The highest BCUT2D eigenvalue weighted by Gasteiger charge is 2.20. The lowest BCUT2D eigenvalue weighted by Crippen LogP contribution is -2.37. The quantitative estimate of drug-likeness (QED) is 0.495. The van der Waals surface area contributed by atoms with Crippen molar-refractivity contribution in [1.82, 2.24) is 9.62 Å². The maximum atomic E-state index is 12.2. The third-order valence-electron chi connectivity index (χ3n) is 2.70. The van der Waals surface area contributed by atoms with Crippen LogP contribution in [0.3, 0.4) is 0 Å². The Bertz CT molecular complexity index is 296. The van der Waals surface area contributed by atoms with E-state index in [0.717, 1.165) is 13.1 Å². The van der Waals surface area contributed by atoms with E-state index in [0.29, 0.717) is 39.1 Å². The van der Waals surface area contributed by atoms with Gasteiger partial charge in [-0.2, -0.15) is 4.31 Å². The standard InChI is InChI=1S/C12H28N2O4S/c1-4-13-7-5-12-19(15,16)14(9-11-18-3)8-6-10-17-2/h13H,4-12H2,1-3H3. The number of nitrogens with zero attached hydrogens (tertiary/aromatic N) is 1. The van der Waals surface area contributed by atoms with Gasteiger partial charge in [0.05, 0.1) is 12.4 Å². The van der Waals surface area contributed by atoms with E-state index < -0.39 is 10.0 Å². The monoisotopic (exact) mass is 296 g/mol. The molecule has 0 aliphatic heterocycles. The molecule has 0 radical (unpaired) electrons. The minimum absolute atomic E-state index is 0.177. The van der Waals surface area contributed by atoms with Crippen LogP contribution in [0.2, 0.25) is 0 Å². The lowest BCUT2D eigenvalue weighted by atomic mass is 10.4. The van der Waals surface area contributed by atoms with Gasteiger partial charge in [-0.05, 0) is 25.9 Å². The van der Waals surface area contributed by atoms with Gasteiger partial charge in [0.25, 0.3) is 0 Å². The molecule has 0 aliphatic carbocycles. The molecule has 7 heteroatoms. The van der Waals surface area contributed by atoms with Crippen LogP contribution in [0.15, 0.2) is 0 Å². The molecule has 0 aromatic carbocycles. The van der Waals surface area contributed by atoms with E-state index in [9.17, 15) is 8.42 Å². The average molecular weight is 296 g/mol. The van der Waals surface area contributed by atoms with E-state index >= 15 is 0 Å².